The van der Waals surface area contributed by atoms with Crippen LogP contribution in [0.4, 0.5) is 5.69 Å². The highest BCUT2D eigenvalue weighted by atomic mass is 35.5. The first-order chi connectivity index (χ1) is 23.3. The molecule has 1 amide bonds. The van der Waals surface area contributed by atoms with Crippen LogP contribution in [0.25, 0.3) is 0 Å². The number of Topliss-reactive ketones (excluding diaryl/α,β-unsaturated/α-hetero) is 1. The Labute approximate surface area is 299 Å². The molecular weight excluding hydrogens is 667 g/mol. The van der Waals surface area contributed by atoms with Gasteiger partial charge in [0.1, 0.15) is 0 Å². The summed E-state index contributed by atoms with van der Waals surface area (Å²) in [6.07, 6.45) is 6.43. The maximum Gasteiger partial charge on any atom is 0.370 e. The molecule has 1 aromatic rings. The Kier molecular flexibility index (Phi) is 11.5. The minimum Gasteiger partial charge on any atom is -0.446 e. The van der Waals surface area contributed by atoms with Crippen molar-refractivity contribution in [2.24, 2.45) is 28.6 Å². The van der Waals surface area contributed by atoms with E-state index in [4.69, 9.17) is 32.7 Å². The van der Waals surface area contributed by atoms with Gasteiger partial charge in [-0.25, -0.2) is 4.79 Å². The van der Waals surface area contributed by atoms with E-state index in [1.165, 1.54) is 19.4 Å². The summed E-state index contributed by atoms with van der Waals surface area (Å²) in [4.78, 5) is 66.9. The lowest BCUT2D eigenvalue weighted by atomic mass is 9.46. The van der Waals surface area contributed by atoms with Crippen LogP contribution in [0.3, 0.4) is 0 Å². The van der Waals surface area contributed by atoms with Crippen molar-refractivity contribution in [3.63, 3.8) is 0 Å². The number of aryl methyl sites for hydroxylation is 1. The molecule has 0 bridgehead atoms. The fourth-order valence-electron chi connectivity index (χ4n) is 9.81. The second kappa shape index (κ2) is 15.1. The monoisotopic (exact) mass is 716 g/mol. The van der Waals surface area contributed by atoms with Gasteiger partial charge in [-0.1, -0.05) is 31.6 Å². The topological polar surface area (TPSA) is 119 Å². The summed E-state index contributed by atoms with van der Waals surface area (Å²) in [6, 6.07) is 7.72. The third-order valence-electron chi connectivity index (χ3n) is 12.4. The number of fused-ring (bicyclic) bond motifs is 5. The van der Waals surface area contributed by atoms with Crippen molar-refractivity contribution in [3.05, 3.63) is 41.5 Å². The number of esters is 2. The number of halogens is 2. The molecule has 0 aromatic heterocycles. The van der Waals surface area contributed by atoms with Gasteiger partial charge in [-0.2, -0.15) is 0 Å². The Morgan fingerprint density at radius 1 is 0.939 bits per heavy atom. The van der Waals surface area contributed by atoms with Crippen LogP contribution in [0.2, 0.25) is 0 Å². The lowest BCUT2D eigenvalue weighted by Crippen LogP contribution is -2.60. The van der Waals surface area contributed by atoms with Crippen molar-refractivity contribution in [2.45, 2.75) is 104 Å². The maximum atomic E-state index is 13.8. The molecule has 0 unspecified atom stereocenters. The van der Waals surface area contributed by atoms with Crippen molar-refractivity contribution >= 4 is 58.3 Å². The third-order valence-corrected chi connectivity index (χ3v) is 12.7. The number of anilines is 1. The number of nitrogens with one attached hydrogen (secondary N) is 1. The van der Waals surface area contributed by atoms with E-state index in [1.807, 2.05) is 30.3 Å². The highest BCUT2D eigenvalue weighted by molar-refractivity contribution is 6.18. The number of alkyl halides is 2. The average molecular weight is 718 g/mol. The quantitative estimate of drug-likeness (QED) is 0.143. The molecule has 4 aliphatic rings. The summed E-state index contributed by atoms with van der Waals surface area (Å²) in [5, 5.41) is 2.42. The van der Waals surface area contributed by atoms with Crippen LogP contribution in [-0.2, 0) is 39.9 Å². The van der Waals surface area contributed by atoms with Gasteiger partial charge in [-0.05, 0) is 105 Å². The number of carbonyl (C=O) groups excluding carboxylic acids is 5. The van der Waals surface area contributed by atoms with Crippen molar-refractivity contribution in [2.75, 3.05) is 29.7 Å². The molecule has 268 valence electrons. The van der Waals surface area contributed by atoms with E-state index >= 15 is 0 Å². The van der Waals surface area contributed by atoms with E-state index in [0.717, 1.165) is 43.4 Å². The number of allylic oxidation sites excluding steroid dienone is 1. The molecule has 0 radical (unpaired) electrons. The van der Waals surface area contributed by atoms with Crippen LogP contribution in [0.15, 0.2) is 35.9 Å². The zero-order valence-electron chi connectivity index (χ0n) is 29.2. The Bertz CT molecular complexity index is 1470. The first kappa shape index (κ1) is 37.3. The molecule has 3 fully saturated rings. The normalized spacial score (nSPS) is 30.9. The fourth-order valence-corrected chi connectivity index (χ4v) is 10.2. The van der Waals surface area contributed by atoms with E-state index in [2.05, 4.69) is 24.1 Å². The fraction of sp³-hybridized carbons (Fsp3) is 0.658. The minimum absolute atomic E-state index is 0.0299. The number of ether oxygens (including phenoxy) is 2. The van der Waals surface area contributed by atoms with E-state index < -0.39 is 35.1 Å². The van der Waals surface area contributed by atoms with E-state index in [1.54, 1.807) is 0 Å². The lowest BCUT2D eigenvalue weighted by Gasteiger charge is -2.59. The Hall–Kier alpha value is -2.91. The Morgan fingerprint density at radius 2 is 1.61 bits per heavy atom. The molecule has 5 rings (SSSR count). The zero-order valence-corrected chi connectivity index (χ0v) is 30.7. The molecule has 11 heteroatoms. The number of carbonyl (C=O) groups is 5. The molecule has 0 saturated heterocycles. The van der Waals surface area contributed by atoms with Gasteiger partial charge < -0.3 is 19.7 Å². The molecule has 0 heterocycles. The van der Waals surface area contributed by atoms with Gasteiger partial charge in [-0.15, -0.1) is 23.2 Å². The molecule has 0 spiro atoms. The molecule has 7 atom stereocenters. The summed E-state index contributed by atoms with van der Waals surface area (Å²) in [6.45, 7) is 8.40. The van der Waals surface area contributed by atoms with E-state index in [9.17, 15) is 24.0 Å². The molecule has 1 N–H and O–H groups in total. The number of hydrogen-bond donors (Lipinski definition) is 1. The molecule has 9 nitrogen and oxygen atoms in total. The Balaban J connectivity index is 1.27. The standard InChI is InChI=1S/C38H50Cl2N2O7/c1-24(43)38(18-15-32-30-11-8-27-23-29(45)13-16-36(27,3)31(30)14-17-37(32,38)4)49-35(47)34(41-25(2)44)48-33(46)12-7-26-5-9-28(10-6-26)42(21-19-39)22-20-40/h5-6,9-10,23,30-32,34H,7-8,11-22H2,1-4H3,(H,41,44)/t30-,31+,32+,34+,36+,37+,38+/m1/s1. The average Bonchev–Trinajstić information content (AvgIpc) is 3.36. The van der Waals surface area contributed by atoms with Crippen LogP contribution in [0.5, 0.6) is 0 Å². The smallest absolute Gasteiger partial charge is 0.370 e. The van der Waals surface area contributed by atoms with Crippen molar-refractivity contribution in [3.8, 4) is 0 Å². The van der Waals surface area contributed by atoms with Gasteiger partial charge in [-0.3, -0.25) is 19.2 Å². The van der Waals surface area contributed by atoms with Crippen LogP contribution in [0.1, 0.15) is 91.0 Å². The van der Waals surface area contributed by atoms with Crippen LogP contribution in [0, 0.1) is 28.6 Å². The summed E-state index contributed by atoms with van der Waals surface area (Å²) in [7, 11) is 0. The predicted molar refractivity (Wildman–Crippen MR) is 188 cm³/mol. The van der Waals surface area contributed by atoms with Gasteiger partial charge in [0.15, 0.2) is 17.2 Å². The minimum atomic E-state index is -1.68. The van der Waals surface area contributed by atoms with E-state index in [-0.39, 0.29) is 29.3 Å². The van der Waals surface area contributed by atoms with Crippen molar-refractivity contribution < 1.29 is 33.4 Å². The van der Waals surface area contributed by atoms with Crippen LogP contribution >= 0.6 is 23.2 Å². The van der Waals surface area contributed by atoms with Gasteiger partial charge in [0.2, 0.25) is 5.91 Å². The largest absolute Gasteiger partial charge is 0.446 e. The number of amides is 1. The number of benzene rings is 1. The molecule has 3 saturated carbocycles. The summed E-state index contributed by atoms with van der Waals surface area (Å²) < 4.78 is 11.7. The van der Waals surface area contributed by atoms with Crippen molar-refractivity contribution in [1.82, 2.24) is 5.32 Å². The molecule has 0 aliphatic heterocycles. The maximum absolute atomic E-state index is 13.8. The Morgan fingerprint density at radius 3 is 2.24 bits per heavy atom. The predicted octanol–water partition coefficient (Wildman–Crippen LogP) is 6.31. The highest BCUT2D eigenvalue weighted by Crippen LogP contribution is 2.68. The molecular formula is C38H50Cl2N2O7. The van der Waals surface area contributed by atoms with Gasteiger partial charge in [0.25, 0.3) is 6.23 Å². The van der Waals surface area contributed by atoms with Gasteiger partial charge in [0, 0.05) is 55.7 Å². The first-order valence-electron chi connectivity index (χ1n) is 17.7. The first-order valence-corrected chi connectivity index (χ1v) is 18.7. The third kappa shape index (κ3) is 7.30. The second-order valence-corrected chi connectivity index (χ2v) is 15.6. The second-order valence-electron chi connectivity index (χ2n) is 14.9. The van der Waals surface area contributed by atoms with Gasteiger partial charge in [0.05, 0.1) is 0 Å². The lowest BCUT2D eigenvalue weighted by molar-refractivity contribution is -0.200. The molecule has 4 aliphatic carbocycles. The summed E-state index contributed by atoms with van der Waals surface area (Å²) in [5.41, 5.74) is 1.09. The van der Waals surface area contributed by atoms with Crippen molar-refractivity contribution in [1.29, 1.82) is 0 Å². The number of nitrogens with zero attached hydrogens (tertiary/aromatic N) is 1. The highest BCUT2D eigenvalue weighted by Gasteiger charge is 2.68. The van der Waals surface area contributed by atoms with Crippen LogP contribution in [-0.4, -0.2) is 66.1 Å². The van der Waals surface area contributed by atoms with Gasteiger partial charge >= 0.3 is 11.9 Å². The number of hydrogen-bond acceptors (Lipinski definition) is 8. The van der Waals surface area contributed by atoms with E-state index in [0.29, 0.717) is 62.4 Å². The summed E-state index contributed by atoms with van der Waals surface area (Å²) >= 11 is 11.9. The number of rotatable bonds is 13. The summed E-state index contributed by atoms with van der Waals surface area (Å²) in [5.74, 6) is -0.369. The number of ketones is 2. The molecule has 1 aromatic carbocycles. The molecule has 49 heavy (non-hydrogen) atoms. The zero-order chi connectivity index (χ0) is 35.6. The SMILES string of the molecule is CC(=O)N[C@@H](OC(=O)CCc1ccc(N(CCCl)CCCl)cc1)C(=O)O[C@]1(C(C)=O)CC[C@H]2[C@@H]3CCC4=CC(=O)CC[C@]4(C)[C@H]3CC[C@@]21C. The van der Waals surface area contributed by atoms with Crippen LogP contribution < -0.4 is 10.2 Å².